The highest BCUT2D eigenvalue weighted by Crippen LogP contribution is 2.20. The van der Waals surface area contributed by atoms with Crippen molar-refractivity contribution >= 4 is 11.8 Å². The minimum absolute atomic E-state index is 0.140. The lowest BCUT2D eigenvalue weighted by atomic mass is 10.2. The van der Waals surface area contributed by atoms with Crippen LogP contribution in [0.4, 0.5) is 5.82 Å². The molecule has 1 aromatic rings. The number of hydrogen-bond acceptors (Lipinski definition) is 6. The van der Waals surface area contributed by atoms with E-state index in [1.54, 1.807) is 6.20 Å². The lowest BCUT2D eigenvalue weighted by Crippen LogP contribution is -2.37. The number of nitrogens with zero attached hydrogens (tertiary/aromatic N) is 3. The van der Waals surface area contributed by atoms with Gasteiger partial charge in [-0.2, -0.15) is 0 Å². The van der Waals surface area contributed by atoms with Crippen LogP contribution in [0, 0.1) is 0 Å². The van der Waals surface area contributed by atoms with E-state index in [0.717, 1.165) is 25.1 Å². The third-order valence-corrected chi connectivity index (χ3v) is 3.01. The summed E-state index contributed by atoms with van der Waals surface area (Å²) < 4.78 is 5.08. The first-order chi connectivity index (χ1) is 8.70. The maximum Gasteiger partial charge on any atom is 0.323 e. The van der Waals surface area contributed by atoms with E-state index in [0.29, 0.717) is 19.0 Å². The first kappa shape index (κ1) is 12.8. The third kappa shape index (κ3) is 2.95. The summed E-state index contributed by atoms with van der Waals surface area (Å²) in [5, 5.41) is 0. The molecule has 0 bridgehead atoms. The van der Waals surface area contributed by atoms with Crippen LogP contribution < -0.4 is 5.73 Å². The van der Waals surface area contributed by atoms with Crippen LogP contribution in [0.5, 0.6) is 0 Å². The number of ether oxygens (including phenoxy) is 1. The van der Waals surface area contributed by atoms with Crippen molar-refractivity contribution in [2.24, 2.45) is 0 Å². The number of nitrogen functional groups attached to an aromatic ring is 1. The standard InChI is InChI=1S/C12H18N4O2/c1-2-18-12(17)10-4-3-5-16(10)8-9-6-15-11(13)7-14-9/h6-7,10H,2-5,8H2,1H3,(H2,13,15). The Labute approximate surface area is 106 Å². The van der Waals surface area contributed by atoms with Crippen molar-refractivity contribution in [1.29, 1.82) is 0 Å². The molecule has 2 N–H and O–H groups in total. The van der Waals surface area contributed by atoms with Crippen LogP contribution in [0.2, 0.25) is 0 Å². The summed E-state index contributed by atoms with van der Waals surface area (Å²) in [5.74, 6) is 0.264. The SMILES string of the molecule is CCOC(=O)C1CCCN1Cc1cnc(N)cn1. The van der Waals surface area contributed by atoms with E-state index in [2.05, 4.69) is 14.9 Å². The van der Waals surface area contributed by atoms with Crippen molar-refractivity contribution < 1.29 is 9.53 Å². The zero-order chi connectivity index (χ0) is 13.0. The lowest BCUT2D eigenvalue weighted by molar-refractivity contribution is -0.148. The van der Waals surface area contributed by atoms with Gasteiger partial charge in [-0.1, -0.05) is 0 Å². The number of hydrogen-bond donors (Lipinski definition) is 1. The molecule has 1 fully saturated rings. The third-order valence-electron chi connectivity index (χ3n) is 3.01. The molecule has 1 saturated heterocycles. The van der Waals surface area contributed by atoms with Crippen LogP contribution in [-0.2, 0) is 16.1 Å². The molecule has 1 aromatic heterocycles. The van der Waals surface area contributed by atoms with Crippen LogP contribution in [0.1, 0.15) is 25.5 Å². The largest absolute Gasteiger partial charge is 0.465 e. The predicted molar refractivity (Wildman–Crippen MR) is 66.5 cm³/mol. The highest BCUT2D eigenvalue weighted by molar-refractivity contribution is 5.76. The number of esters is 1. The molecule has 98 valence electrons. The molecule has 18 heavy (non-hydrogen) atoms. The van der Waals surface area contributed by atoms with Gasteiger partial charge in [0, 0.05) is 6.54 Å². The van der Waals surface area contributed by atoms with Crippen molar-refractivity contribution in [2.75, 3.05) is 18.9 Å². The van der Waals surface area contributed by atoms with E-state index >= 15 is 0 Å². The first-order valence-corrected chi connectivity index (χ1v) is 6.17. The zero-order valence-electron chi connectivity index (χ0n) is 10.5. The monoisotopic (exact) mass is 250 g/mol. The van der Waals surface area contributed by atoms with Gasteiger partial charge in [0.1, 0.15) is 11.9 Å². The molecule has 2 rings (SSSR count). The summed E-state index contributed by atoms with van der Waals surface area (Å²) in [6, 6.07) is -0.149. The van der Waals surface area contributed by atoms with Gasteiger partial charge in [-0.3, -0.25) is 14.7 Å². The molecule has 0 saturated carbocycles. The maximum absolute atomic E-state index is 11.8. The normalized spacial score (nSPS) is 19.9. The molecule has 2 heterocycles. The van der Waals surface area contributed by atoms with E-state index in [-0.39, 0.29) is 12.0 Å². The number of rotatable bonds is 4. The summed E-state index contributed by atoms with van der Waals surface area (Å²) in [4.78, 5) is 22.1. The topological polar surface area (TPSA) is 81.3 Å². The summed E-state index contributed by atoms with van der Waals surface area (Å²) in [6.07, 6.45) is 5.04. The molecule has 6 heteroatoms. The molecular weight excluding hydrogens is 232 g/mol. The second kappa shape index (κ2) is 5.77. The number of anilines is 1. The van der Waals surface area contributed by atoms with Gasteiger partial charge in [-0.25, -0.2) is 4.98 Å². The van der Waals surface area contributed by atoms with Crippen molar-refractivity contribution in [3.8, 4) is 0 Å². The molecule has 0 aromatic carbocycles. The minimum atomic E-state index is -0.149. The Morgan fingerprint density at radius 1 is 1.56 bits per heavy atom. The highest BCUT2D eigenvalue weighted by Gasteiger charge is 2.31. The van der Waals surface area contributed by atoms with Gasteiger partial charge in [-0.15, -0.1) is 0 Å². The number of carbonyl (C=O) groups is 1. The molecule has 0 aliphatic carbocycles. The van der Waals surface area contributed by atoms with Crippen LogP contribution in [0.15, 0.2) is 12.4 Å². The van der Waals surface area contributed by atoms with E-state index in [9.17, 15) is 4.79 Å². The smallest absolute Gasteiger partial charge is 0.323 e. The molecule has 0 amide bonds. The fourth-order valence-corrected chi connectivity index (χ4v) is 2.18. The average Bonchev–Trinajstić information content (AvgIpc) is 2.81. The van der Waals surface area contributed by atoms with E-state index < -0.39 is 0 Å². The summed E-state index contributed by atoms with van der Waals surface area (Å²) in [7, 11) is 0. The fraction of sp³-hybridized carbons (Fsp3) is 0.583. The average molecular weight is 250 g/mol. The van der Waals surface area contributed by atoms with E-state index in [1.165, 1.54) is 6.20 Å². The lowest BCUT2D eigenvalue weighted by Gasteiger charge is -2.22. The number of carbonyl (C=O) groups excluding carboxylic acids is 1. The van der Waals surface area contributed by atoms with Crippen LogP contribution in [-0.4, -0.2) is 40.0 Å². The van der Waals surface area contributed by atoms with Gasteiger partial charge in [0.25, 0.3) is 0 Å². The molecule has 1 aliphatic rings. The second-order valence-corrected chi connectivity index (χ2v) is 4.31. The van der Waals surface area contributed by atoms with Gasteiger partial charge in [0.05, 0.1) is 24.7 Å². The van der Waals surface area contributed by atoms with Gasteiger partial charge < -0.3 is 10.5 Å². The molecule has 6 nitrogen and oxygen atoms in total. The number of nitrogens with two attached hydrogens (primary N) is 1. The molecule has 1 aliphatic heterocycles. The Kier molecular flexibility index (Phi) is 4.09. The minimum Gasteiger partial charge on any atom is -0.465 e. The fourth-order valence-electron chi connectivity index (χ4n) is 2.18. The molecule has 0 spiro atoms. The van der Waals surface area contributed by atoms with Crippen molar-refractivity contribution in [1.82, 2.24) is 14.9 Å². The Bertz CT molecular complexity index is 407. The Morgan fingerprint density at radius 2 is 2.39 bits per heavy atom. The Morgan fingerprint density at radius 3 is 3.06 bits per heavy atom. The highest BCUT2D eigenvalue weighted by atomic mass is 16.5. The summed E-state index contributed by atoms with van der Waals surface area (Å²) >= 11 is 0. The maximum atomic E-state index is 11.8. The van der Waals surface area contributed by atoms with Crippen LogP contribution in [0.3, 0.4) is 0 Å². The van der Waals surface area contributed by atoms with Gasteiger partial charge in [-0.05, 0) is 26.3 Å². The molecular formula is C12H18N4O2. The van der Waals surface area contributed by atoms with Crippen molar-refractivity contribution in [3.63, 3.8) is 0 Å². The van der Waals surface area contributed by atoms with Crippen molar-refractivity contribution in [2.45, 2.75) is 32.4 Å². The quantitative estimate of drug-likeness (QED) is 0.787. The second-order valence-electron chi connectivity index (χ2n) is 4.31. The predicted octanol–water partition coefficient (Wildman–Crippen LogP) is 0.586. The first-order valence-electron chi connectivity index (χ1n) is 6.17. The van der Waals surface area contributed by atoms with Gasteiger partial charge in [0.2, 0.25) is 0 Å². The van der Waals surface area contributed by atoms with Crippen molar-refractivity contribution in [3.05, 3.63) is 18.1 Å². The van der Waals surface area contributed by atoms with Gasteiger partial charge >= 0.3 is 5.97 Å². The molecule has 1 unspecified atom stereocenters. The number of likely N-dealkylation sites (tertiary alicyclic amines) is 1. The van der Waals surface area contributed by atoms with Crippen LogP contribution in [0.25, 0.3) is 0 Å². The Balaban J connectivity index is 1.99. The Hall–Kier alpha value is -1.69. The van der Waals surface area contributed by atoms with Gasteiger partial charge in [0.15, 0.2) is 0 Å². The van der Waals surface area contributed by atoms with E-state index in [4.69, 9.17) is 10.5 Å². The molecule has 0 radical (unpaired) electrons. The molecule has 1 atom stereocenters. The van der Waals surface area contributed by atoms with Crippen LogP contribution >= 0.6 is 0 Å². The number of aromatic nitrogens is 2. The summed E-state index contributed by atoms with van der Waals surface area (Å²) in [5.41, 5.74) is 6.31. The van der Waals surface area contributed by atoms with E-state index in [1.807, 2.05) is 6.92 Å². The zero-order valence-corrected chi connectivity index (χ0v) is 10.5. The summed E-state index contributed by atoms with van der Waals surface area (Å²) in [6.45, 7) is 3.74.